The number of rotatable bonds is 2. The zero-order valence-electron chi connectivity index (χ0n) is 8.11. The molecule has 4 heteroatoms. The lowest BCUT2D eigenvalue weighted by atomic mass is 9.89. The highest BCUT2D eigenvalue weighted by atomic mass is 127. The molecule has 2 N–H and O–H groups in total. The molecular weight excluding hydrogens is 305 g/mol. The number of halogens is 1. The molecule has 1 aromatic carbocycles. The Labute approximate surface area is 102 Å². The first-order valence-corrected chi connectivity index (χ1v) is 5.97. The molecular formula is C11H12INO2. The SMILES string of the molecule is O=C(NC1CC(O)C1)c1ccc(I)cc1. The van der Waals surface area contributed by atoms with Crippen LogP contribution in [0, 0.1) is 3.57 Å². The molecule has 1 aliphatic rings. The Bertz CT molecular complexity index is 357. The van der Waals surface area contributed by atoms with E-state index in [1.165, 1.54) is 0 Å². The van der Waals surface area contributed by atoms with Crippen LogP contribution in [0.3, 0.4) is 0 Å². The maximum Gasteiger partial charge on any atom is 0.251 e. The van der Waals surface area contributed by atoms with Crippen molar-refractivity contribution in [3.8, 4) is 0 Å². The largest absolute Gasteiger partial charge is 0.393 e. The lowest BCUT2D eigenvalue weighted by molar-refractivity contribution is 0.0562. The zero-order chi connectivity index (χ0) is 10.8. The minimum atomic E-state index is -0.230. The van der Waals surface area contributed by atoms with Gasteiger partial charge in [0.25, 0.3) is 5.91 Å². The van der Waals surface area contributed by atoms with E-state index in [2.05, 4.69) is 27.9 Å². The van der Waals surface area contributed by atoms with E-state index in [9.17, 15) is 4.79 Å². The summed E-state index contributed by atoms with van der Waals surface area (Å²) in [6.07, 6.45) is 1.12. The van der Waals surface area contributed by atoms with Crippen LogP contribution in [-0.4, -0.2) is 23.2 Å². The number of carbonyl (C=O) groups is 1. The molecule has 80 valence electrons. The van der Waals surface area contributed by atoms with Gasteiger partial charge in [-0.3, -0.25) is 4.79 Å². The first-order chi connectivity index (χ1) is 7.15. The number of hydrogen-bond acceptors (Lipinski definition) is 2. The molecule has 1 saturated carbocycles. The van der Waals surface area contributed by atoms with Gasteiger partial charge in [0.15, 0.2) is 0 Å². The van der Waals surface area contributed by atoms with E-state index in [-0.39, 0.29) is 18.1 Å². The summed E-state index contributed by atoms with van der Waals surface area (Å²) >= 11 is 2.20. The average Bonchev–Trinajstić information content (AvgIpc) is 2.16. The number of hydrogen-bond donors (Lipinski definition) is 2. The van der Waals surface area contributed by atoms with Crippen molar-refractivity contribution < 1.29 is 9.90 Å². The van der Waals surface area contributed by atoms with Gasteiger partial charge in [-0.1, -0.05) is 0 Å². The minimum Gasteiger partial charge on any atom is -0.393 e. The molecule has 3 nitrogen and oxygen atoms in total. The van der Waals surface area contributed by atoms with Gasteiger partial charge in [-0.05, 0) is 59.7 Å². The van der Waals surface area contributed by atoms with E-state index in [0.717, 1.165) is 3.57 Å². The molecule has 0 aliphatic heterocycles. The fourth-order valence-electron chi connectivity index (χ4n) is 1.58. The molecule has 0 atom stereocenters. The fourth-order valence-corrected chi connectivity index (χ4v) is 1.94. The molecule has 2 rings (SSSR count). The maximum absolute atomic E-state index is 11.7. The molecule has 0 spiro atoms. The monoisotopic (exact) mass is 317 g/mol. The van der Waals surface area contributed by atoms with Crippen LogP contribution in [0.5, 0.6) is 0 Å². The first kappa shape index (κ1) is 10.9. The van der Waals surface area contributed by atoms with Crippen LogP contribution in [0.1, 0.15) is 23.2 Å². The number of carbonyl (C=O) groups excluding carboxylic acids is 1. The van der Waals surface area contributed by atoms with E-state index in [0.29, 0.717) is 18.4 Å². The van der Waals surface area contributed by atoms with Crippen LogP contribution in [-0.2, 0) is 0 Å². The normalized spacial score (nSPS) is 24.4. The lowest BCUT2D eigenvalue weighted by Gasteiger charge is -2.31. The van der Waals surface area contributed by atoms with Crippen molar-refractivity contribution in [2.24, 2.45) is 0 Å². The second-order valence-electron chi connectivity index (χ2n) is 3.80. The summed E-state index contributed by atoms with van der Waals surface area (Å²) in [5.74, 6) is -0.0525. The van der Waals surface area contributed by atoms with Gasteiger partial charge >= 0.3 is 0 Å². The van der Waals surface area contributed by atoms with Crippen LogP contribution in [0.4, 0.5) is 0 Å². The molecule has 0 heterocycles. The summed E-state index contributed by atoms with van der Waals surface area (Å²) in [5.41, 5.74) is 0.678. The van der Waals surface area contributed by atoms with E-state index >= 15 is 0 Å². The van der Waals surface area contributed by atoms with E-state index < -0.39 is 0 Å². The van der Waals surface area contributed by atoms with Crippen molar-refractivity contribution in [2.75, 3.05) is 0 Å². The van der Waals surface area contributed by atoms with Gasteiger partial charge in [0.2, 0.25) is 0 Å². The van der Waals surface area contributed by atoms with Crippen LogP contribution < -0.4 is 5.32 Å². The van der Waals surface area contributed by atoms with Gasteiger partial charge < -0.3 is 10.4 Å². The Morgan fingerprint density at radius 2 is 1.93 bits per heavy atom. The molecule has 0 aromatic heterocycles. The Morgan fingerprint density at radius 3 is 2.47 bits per heavy atom. The third-order valence-corrected chi connectivity index (χ3v) is 3.27. The fraction of sp³-hybridized carbons (Fsp3) is 0.364. The summed E-state index contributed by atoms with van der Waals surface area (Å²) in [4.78, 5) is 11.7. The average molecular weight is 317 g/mol. The molecule has 0 unspecified atom stereocenters. The standard InChI is InChI=1S/C11H12INO2/c12-8-3-1-7(2-4-8)11(15)13-9-5-10(14)6-9/h1-4,9-10,14H,5-6H2,(H,13,15). The lowest BCUT2D eigenvalue weighted by Crippen LogP contribution is -2.46. The van der Waals surface area contributed by atoms with E-state index in [1.807, 2.05) is 24.3 Å². The smallest absolute Gasteiger partial charge is 0.251 e. The summed E-state index contributed by atoms with van der Waals surface area (Å²) in [5, 5.41) is 12.0. The Balaban J connectivity index is 1.93. The Morgan fingerprint density at radius 1 is 1.33 bits per heavy atom. The van der Waals surface area contributed by atoms with Gasteiger partial charge in [-0.25, -0.2) is 0 Å². The highest BCUT2D eigenvalue weighted by Crippen LogP contribution is 2.19. The van der Waals surface area contributed by atoms with Gasteiger partial charge in [0.05, 0.1) is 6.10 Å². The molecule has 1 fully saturated rings. The predicted molar refractivity (Wildman–Crippen MR) is 65.7 cm³/mol. The molecule has 0 saturated heterocycles. The van der Waals surface area contributed by atoms with Crippen molar-refractivity contribution in [1.82, 2.24) is 5.32 Å². The highest BCUT2D eigenvalue weighted by molar-refractivity contribution is 14.1. The maximum atomic E-state index is 11.7. The van der Waals surface area contributed by atoms with Crippen molar-refractivity contribution >= 4 is 28.5 Å². The van der Waals surface area contributed by atoms with Crippen LogP contribution in [0.2, 0.25) is 0 Å². The van der Waals surface area contributed by atoms with E-state index in [1.54, 1.807) is 0 Å². The molecule has 1 aromatic rings. The van der Waals surface area contributed by atoms with Crippen molar-refractivity contribution in [3.05, 3.63) is 33.4 Å². The number of nitrogens with one attached hydrogen (secondary N) is 1. The Hall–Kier alpha value is -0.620. The number of amides is 1. The Kier molecular flexibility index (Phi) is 3.25. The van der Waals surface area contributed by atoms with Crippen molar-refractivity contribution in [1.29, 1.82) is 0 Å². The second-order valence-corrected chi connectivity index (χ2v) is 5.05. The van der Waals surface area contributed by atoms with Gasteiger partial charge in [0, 0.05) is 15.2 Å². The summed E-state index contributed by atoms with van der Waals surface area (Å²) < 4.78 is 1.11. The molecule has 1 aliphatic carbocycles. The molecule has 0 bridgehead atoms. The zero-order valence-corrected chi connectivity index (χ0v) is 10.3. The summed E-state index contributed by atoms with van der Waals surface area (Å²) in [6.45, 7) is 0. The quantitative estimate of drug-likeness (QED) is 0.813. The molecule has 15 heavy (non-hydrogen) atoms. The summed E-state index contributed by atoms with van der Waals surface area (Å²) in [7, 11) is 0. The van der Waals surface area contributed by atoms with E-state index in [4.69, 9.17) is 5.11 Å². The van der Waals surface area contributed by atoms with Gasteiger partial charge in [-0.2, -0.15) is 0 Å². The number of aliphatic hydroxyl groups excluding tert-OH is 1. The third kappa shape index (κ3) is 2.69. The number of benzene rings is 1. The van der Waals surface area contributed by atoms with Crippen molar-refractivity contribution in [2.45, 2.75) is 25.0 Å². The van der Waals surface area contributed by atoms with Gasteiger partial charge in [-0.15, -0.1) is 0 Å². The van der Waals surface area contributed by atoms with Crippen LogP contribution >= 0.6 is 22.6 Å². The predicted octanol–water partition coefficient (Wildman–Crippen LogP) is 1.54. The molecule has 0 radical (unpaired) electrons. The number of aliphatic hydroxyl groups is 1. The third-order valence-electron chi connectivity index (χ3n) is 2.55. The highest BCUT2D eigenvalue weighted by Gasteiger charge is 2.28. The van der Waals surface area contributed by atoms with Gasteiger partial charge in [0.1, 0.15) is 0 Å². The first-order valence-electron chi connectivity index (χ1n) is 4.89. The van der Waals surface area contributed by atoms with Crippen LogP contribution in [0.25, 0.3) is 0 Å². The minimum absolute atomic E-state index is 0.0525. The topological polar surface area (TPSA) is 49.3 Å². The summed E-state index contributed by atoms with van der Waals surface area (Å²) in [6, 6.07) is 7.58. The molecule has 1 amide bonds. The second kappa shape index (κ2) is 4.49. The van der Waals surface area contributed by atoms with Crippen LogP contribution in [0.15, 0.2) is 24.3 Å². The van der Waals surface area contributed by atoms with Crippen molar-refractivity contribution in [3.63, 3.8) is 0 Å².